The SMILES string of the molecule is CCCn1cncc1CSc1ccc(C(=O)O)cn1. The molecule has 0 atom stereocenters. The second-order valence-electron chi connectivity index (χ2n) is 4.06. The number of aryl methyl sites for hydroxylation is 1. The van der Waals surface area contributed by atoms with Crippen LogP contribution in [0.2, 0.25) is 0 Å². The van der Waals surface area contributed by atoms with Crippen molar-refractivity contribution in [2.24, 2.45) is 0 Å². The van der Waals surface area contributed by atoms with E-state index >= 15 is 0 Å². The summed E-state index contributed by atoms with van der Waals surface area (Å²) < 4.78 is 2.12. The van der Waals surface area contributed by atoms with Gasteiger partial charge >= 0.3 is 5.97 Å². The molecule has 2 aromatic heterocycles. The predicted octanol–water partition coefficient (Wildman–Crippen LogP) is 2.68. The van der Waals surface area contributed by atoms with Crippen molar-refractivity contribution >= 4 is 17.7 Å². The van der Waals surface area contributed by atoms with E-state index in [0.717, 1.165) is 29.4 Å². The Kier molecular flexibility index (Phi) is 4.57. The molecule has 0 unspecified atom stereocenters. The number of carbonyl (C=O) groups is 1. The molecule has 2 heterocycles. The number of pyridine rings is 1. The summed E-state index contributed by atoms with van der Waals surface area (Å²) in [6.07, 6.45) is 6.14. The highest BCUT2D eigenvalue weighted by Gasteiger charge is 2.05. The van der Waals surface area contributed by atoms with Crippen LogP contribution in [0.1, 0.15) is 29.4 Å². The molecule has 2 aromatic rings. The van der Waals surface area contributed by atoms with Crippen LogP contribution in [0.4, 0.5) is 0 Å². The minimum Gasteiger partial charge on any atom is -0.478 e. The molecule has 0 aromatic carbocycles. The molecule has 100 valence electrons. The first kappa shape index (κ1) is 13.6. The van der Waals surface area contributed by atoms with Gasteiger partial charge in [0.25, 0.3) is 0 Å². The monoisotopic (exact) mass is 277 g/mol. The van der Waals surface area contributed by atoms with Gasteiger partial charge in [-0.15, -0.1) is 11.8 Å². The Morgan fingerprint density at radius 1 is 1.42 bits per heavy atom. The second kappa shape index (κ2) is 6.38. The molecule has 0 bridgehead atoms. The topological polar surface area (TPSA) is 68.0 Å². The number of imidazole rings is 1. The van der Waals surface area contributed by atoms with E-state index in [0.29, 0.717) is 0 Å². The first-order valence-electron chi connectivity index (χ1n) is 6.02. The van der Waals surface area contributed by atoms with Crippen LogP contribution in [-0.4, -0.2) is 25.6 Å². The number of hydrogen-bond donors (Lipinski definition) is 1. The summed E-state index contributed by atoms with van der Waals surface area (Å²) in [6.45, 7) is 3.09. The van der Waals surface area contributed by atoms with Gasteiger partial charge in [-0.2, -0.15) is 0 Å². The van der Waals surface area contributed by atoms with Crippen molar-refractivity contribution in [2.45, 2.75) is 30.7 Å². The van der Waals surface area contributed by atoms with Crippen molar-refractivity contribution < 1.29 is 9.90 Å². The van der Waals surface area contributed by atoms with Crippen molar-refractivity contribution in [3.05, 3.63) is 42.1 Å². The molecule has 0 aliphatic rings. The zero-order chi connectivity index (χ0) is 13.7. The van der Waals surface area contributed by atoms with Gasteiger partial charge in [-0.3, -0.25) is 0 Å². The third kappa shape index (κ3) is 3.57. The predicted molar refractivity (Wildman–Crippen MR) is 73.3 cm³/mol. The molecule has 0 saturated carbocycles. The Morgan fingerprint density at radius 3 is 2.89 bits per heavy atom. The average Bonchev–Trinajstić information content (AvgIpc) is 2.85. The highest BCUT2D eigenvalue weighted by Crippen LogP contribution is 2.20. The van der Waals surface area contributed by atoms with E-state index in [4.69, 9.17) is 5.11 Å². The molecule has 2 rings (SSSR count). The van der Waals surface area contributed by atoms with Crippen molar-refractivity contribution in [3.63, 3.8) is 0 Å². The van der Waals surface area contributed by atoms with E-state index in [1.54, 1.807) is 23.9 Å². The fourth-order valence-corrected chi connectivity index (χ4v) is 2.48. The Hall–Kier alpha value is -1.82. The van der Waals surface area contributed by atoms with Crippen LogP contribution in [-0.2, 0) is 12.3 Å². The van der Waals surface area contributed by atoms with Crippen molar-refractivity contribution in [2.75, 3.05) is 0 Å². The molecule has 0 spiro atoms. The van der Waals surface area contributed by atoms with Crippen LogP contribution in [0.3, 0.4) is 0 Å². The van der Waals surface area contributed by atoms with Gasteiger partial charge in [-0.1, -0.05) is 6.92 Å². The third-order valence-electron chi connectivity index (χ3n) is 2.61. The average molecular weight is 277 g/mol. The second-order valence-corrected chi connectivity index (χ2v) is 5.05. The van der Waals surface area contributed by atoms with Gasteiger partial charge in [0.1, 0.15) is 0 Å². The number of carboxylic acids is 1. The van der Waals surface area contributed by atoms with Gasteiger partial charge < -0.3 is 9.67 Å². The molecule has 0 fully saturated rings. The zero-order valence-electron chi connectivity index (χ0n) is 10.6. The molecule has 0 amide bonds. The smallest absolute Gasteiger partial charge is 0.337 e. The molecule has 0 saturated heterocycles. The summed E-state index contributed by atoms with van der Waals surface area (Å²) in [5.41, 5.74) is 1.36. The van der Waals surface area contributed by atoms with E-state index in [1.807, 2.05) is 12.5 Å². The molecule has 0 radical (unpaired) electrons. The van der Waals surface area contributed by atoms with Crippen molar-refractivity contribution in [3.8, 4) is 0 Å². The first-order valence-corrected chi connectivity index (χ1v) is 7.00. The van der Waals surface area contributed by atoms with Gasteiger partial charge in [-0.05, 0) is 18.6 Å². The van der Waals surface area contributed by atoms with E-state index in [-0.39, 0.29) is 5.56 Å². The molecule has 6 heteroatoms. The maximum Gasteiger partial charge on any atom is 0.337 e. The quantitative estimate of drug-likeness (QED) is 0.822. The number of aromatic carboxylic acids is 1. The Balaban J connectivity index is 1.98. The van der Waals surface area contributed by atoms with Gasteiger partial charge in [0.15, 0.2) is 0 Å². The molecular weight excluding hydrogens is 262 g/mol. The van der Waals surface area contributed by atoms with E-state index in [2.05, 4.69) is 21.5 Å². The number of nitrogens with zero attached hydrogens (tertiary/aromatic N) is 3. The lowest BCUT2D eigenvalue weighted by Gasteiger charge is -2.06. The van der Waals surface area contributed by atoms with Crippen LogP contribution in [0, 0.1) is 0 Å². The largest absolute Gasteiger partial charge is 0.478 e. The summed E-state index contributed by atoms with van der Waals surface area (Å²) >= 11 is 1.57. The fraction of sp³-hybridized carbons (Fsp3) is 0.308. The number of hydrogen-bond acceptors (Lipinski definition) is 4. The zero-order valence-corrected chi connectivity index (χ0v) is 11.4. The van der Waals surface area contributed by atoms with Gasteiger partial charge in [0.05, 0.1) is 16.9 Å². The summed E-state index contributed by atoms with van der Waals surface area (Å²) in [5.74, 6) is -0.176. The lowest BCUT2D eigenvalue weighted by Crippen LogP contribution is -2.00. The van der Waals surface area contributed by atoms with E-state index < -0.39 is 5.97 Å². The number of carboxylic acid groups (broad SMARTS) is 1. The molecule has 0 aliphatic carbocycles. The van der Waals surface area contributed by atoms with Crippen molar-refractivity contribution in [1.29, 1.82) is 0 Å². The Morgan fingerprint density at radius 2 is 2.26 bits per heavy atom. The van der Waals surface area contributed by atoms with Crippen LogP contribution >= 0.6 is 11.8 Å². The standard InChI is InChI=1S/C13H15N3O2S/c1-2-5-16-9-14-7-11(16)8-19-12-4-3-10(6-15-12)13(17)18/h3-4,6-7,9H,2,5,8H2,1H3,(H,17,18). The minimum absolute atomic E-state index is 0.209. The van der Waals surface area contributed by atoms with E-state index in [9.17, 15) is 4.79 Å². The van der Waals surface area contributed by atoms with E-state index in [1.165, 1.54) is 6.20 Å². The van der Waals surface area contributed by atoms with Crippen LogP contribution < -0.4 is 0 Å². The number of thioether (sulfide) groups is 1. The van der Waals surface area contributed by atoms with Crippen LogP contribution in [0.25, 0.3) is 0 Å². The van der Waals surface area contributed by atoms with Gasteiger partial charge in [-0.25, -0.2) is 14.8 Å². The maximum absolute atomic E-state index is 10.7. The molecule has 19 heavy (non-hydrogen) atoms. The summed E-state index contributed by atoms with van der Waals surface area (Å²) in [6, 6.07) is 3.30. The molecule has 0 aliphatic heterocycles. The van der Waals surface area contributed by atoms with Gasteiger partial charge in [0.2, 0.25) is 0 Å². The summed E-state index contributed by atoms with van der Waals surface area (Å²) in [7, 11) is 0. The van der Waals surface area contributed by atoms with Gasteiger partial charge in [0, 0.05) is 30.4 Å². The maximum atomic E-state index is 10.7. The van der Waals surface area contributed by atoms with Crippen LogP contribution in [0.15, 0.2) is 35.9 Å². The minimum atomic E-state index is -0.954. The molecule has 1 N–H and O–H groups in total. The summed E-state index contributed by atoms with van der Waals surface area (Å²) in [4.78, 5) is 19.0. The summed E-state index contributed by atoms with van der Waals surface area (Å²) in [5, 5.41) is 9.61. The van der Waals surface area contributed by atoms with Crippen molar-refractivity contribution in [1.82, 2.24) is 14.5 Å². The lowest BCUT2D eigenvalue weighted by atomic mass is 10.3. The number of rotatable bonds is 6. The van der Waals surface area contributed by atoms with Crippen LogP contribution in [0.5, 0.6) is 0 Å². The highest BCUT2D eigenvalue weighted by molar-refractivity contribution is 7.98. The lowest BCUT2D eigenvalue weighted by molar-refractivity contribution is 0.0696. The normalized spacial score (nSPS) is 10.6. The Bertz CT molecular complexity index is 551. The number of aromatic nitrogens is 3. The molecular formula is C13H15N3O2S. The third-order valence-corrected chi connectivity index (χ3v) is 3.59. The molecule has 5 nitrogen and oxygen atoms in total. The highest BCUT2D eigenvalue weighted by atomic mass is 32.2. The first-order chi connectivity index (χ1) is 9.20. The Labute approximate surface area is 115 Å². The fourth-order valence-electron chi connectivity index (χ4n) is 1.65.